The molecule has 0 amide bonds. The predicted molar refractivity (Wildman–Crippen MR) is 77.4 cm³/mol. The maximum absolute atomic E-state index is 13.5. The number of benzene rings is 2. The molecule has 3 rings (SSSR count). The van der Waals surface area contributed by atoms with Gasteiger partial charge in [0.2, 0.25) is 5.82 Å². The first-order valence-corrected chi connectivity index (χ1v) is 6.64. The van der Waals surface area contributed by atoms with Crippen LogP contribution in [-0.2, 0) is 6.61 Å². The van der Waals surface area contributed by atoms with Gasteiger partial charge in [-0.05, 0) is 24.3 Å². The molecule has 106 valence electrons. The van der Waals surface area contributed by atoms with Crippen molar-refractivity contribution in [3.8, 4) is 5.75 Å². The van der Waals surface area contributed by atoms with Crippen molar-refractivity contribution in [2.45, 2.75) is 6.61 Å². The van der Waals surface area contributed by atoms with E-state index in [-0.39, 0.29) is 17.5 Å². The van der Waals surface area contributed by atoms with E-state index in [1.807, 2.05) is 30.3 Å². The number of para-hydroxylation sites is 1. The number of fused-ring (bicyclic) bond motifs is 1. The molecule has 0 saturated heterocycles. The number of nitrogens with zero attached hydrogens (tertiary/aromatic N) is 1. The van der Waals surface area contributed by atoms with Crippen LogP contribution in [0.2, 0.25) is 5.15 Å². The van der Waals surface area contributed by atoms with Gasteiger partial charge in [0.25, 0.3) is 0 Å². The summed E-state index contributed by atoms with van der Waals surface area (Å²) in [7, 11) is 0. The third kappa shape index (κ3) is 2.81. The Balaban J connectivity index is 1.88. The highest BCUT2D eigenvalue weighted by atomic mass is 35.5. The van der Waals surface area contributed by atoms with Gasteiger partial charge in [-0.3, -0.25) is 0 Å². The number of ether oxygens (including phenoxy) is 1. The second kappa shape index (κ2) is 5.66. The van der Waals surface area contributed by atoms with Gasteiger partial charge in [-0.15, -0.1) is 0 Å². The minimum Gasteiger partial charge on any atom is -0.486 e. The summed E-state index contributed by atoms with van der Waals surface area (Å²) in [6.07, 6.45) is 0. The van der Waals surface area contributed by atoms with Crippen LogP contribution in [-0.4, -0.2) is 4.98 Å². The molecular formula is C16H10ClF2NO. The van der Waals surface area contributed by atoms with Crippen molar-refractivity contribution < 1.29 is 13.5 Å². The summed E-state index contributed by atoms with van der Waals surface area (Å²) in [6.45, 7) is 0.0110. The van der Waals surface area contributed by atoms with Crippen LogP contribution in [0.1, 0.15) is 5.56 Å². The molecule has 1 heterocycles. The first kappa shape index (κ1) is 13.8. The number of rotatable bonds is 3. The van der Waals surface area contributed by atoms with Crippen LogP contribution in [0.25, 0.3) is 10.9 Å². The van der Waals surface area contributed by atoms with Gasteiger partial charge >= 0.3 is 0 Å². The van der Waals surface area contributed by atoms with Crippen LogP contribution < -0.4 is 4.74 Å². The zero-order valence-corrected chi connectivity index (χ0v) is 11.6. The first-order valence-electron chi connectivity index (χ1n) is 6.26. The molecule has 0 radical (unpaired) electrons. The Morgan fingerprint density at radius 3 is 2.71 bits per heavy atom. The standard InChI is InChI=1S/C16H10ClF2NO/c17-16-11(8-10-4-1-2-6-13(10)20-16)9-21-14-7-3-5-12(18)15(14)19/h1-8H,9H2. The number of hydrogen-bond acceptors (Lipinski definition) is 2. The molecule has 0 N–H and O–H groups in total. The topological polar surface area (TPSA) is 22.1 Å². The van der Waals surface area contributed by atoms with Crippen LogP contribution in [0.4, 0.5) is 8.78 Å². The van der Waals surface area contributed by atoms with Gasteiger partial charge < -0.3 is 4.74 Å². The van der Waals surface area contributed by atoms with E-state index >= 15 is 0 Å². The lowest BCUT2D eigenvalue weighted by Gasteiger charge is -2.09. The van der Waals surface area contributed by atoms with Gasteiger partial charge in [0.05, 0.1) is 5.52 Å². The Morgan fingerprint density at radius 1 is 1.05 bits per heavy atom. The van der Waals surface area contributed by atoms with Crippen molar-refractivity contribution in [1.29, 1.82) is 0 Å². The third-order valence-corrected chi connectivity index (χ3v) is 3.38. The average Bonchev–Trinajstić information content (AvgIpc) is 2.49. The van der Waals surface area contributed by atoms with E-state index in [4.69, 9.17) is 16.3 Å². The van der Waals surface area contributed by atoms with Gasteiger partial charge in [-0.1, -0.05) is 35.9 Å². The molecule has 0 spiro atoms. The second-order valence-corrected chi connectivity index (χ2v) is 4.83. The highest BCUT2D eigenvalue weighted by Gasteiger charge is 2.11. The van der Waals surface area contributed by atoms with Crippen molar-refractivity contribution in [3.05, 3.63) is 70.9 Å². The van der Waals surface area contributed by atoms with Crippen molar-refractivity contribution in [2.75, 3.05) is 0 Å². The minimum atomic E-state index is -1.01. The lowest BCUT2D eigenvalue weighted by atomic mass is 10.2. The Bertz CT molecular complexity index is 807. The molecule has 0 saturated carbocycles. The molecule has 21 heavy (non-hydrogen) atoms. The first-order chi connectivity index (χ1) is 10.1. The highest BCUT2D eigenvalue weighted by Crippen LogP contribution is 2.24. The molecule has 0 fully saturated rings. The van der Waals surface area contributed by atoms with Gasteiger partial charge in [-0.25, -0.2) is 9.37 Å². The van der Waals surface area contributed by atoms with Gasteiger partial charge in [0.1, 0.15) is 11.8 Å². The van der Waals surface area contributed by atoms with Crippen LogP contribution in [0, 0.1) is 11.6 Å². The zero-order chi connectivity index (χ0) is 14.8. The van der Waals surface area contributed by atoms with E-state index in [2.05, 4.69) is 4.98 Å². The van der Waals surface area contributed by atoms with Crippen molar-refractivity contribution in [1.82, 2.24) is 4.98 Å². The molecule has 0 bridgehead atoms. The smallest absolute Gasteiger partial charge is 0.200 e. The van der Waals surface area contributed by atoms with Gasteiger partial charge in [0, 0.05) is 10.9 Å². The number of hydrogen-bond donors (Lipinski definition) is 0. The van der Waals surface area contributed by atoms with Crippen LogP contribution in [0.3, 0.4) is 0 Å². The Morgan fingerprint density at radius 2 is 1.86 bits per heavy atom. The van der Waals surface area contributed by atoms with Crippen LogP contribution in [0.15, 0.2) is 48.5 Å². The maximum atomic E-state index is 13.5. The number of aromatic nitrogens is 1. The summed E-state index contributed by atoms with van der Waals surface area (Å²) in [5, 5.41) is 1.19. The summed E-state index contributed by atoms with van der Waals surface area (Å²) in [4.78, 5) is 4.25. The van der Waals surface area contributed by atoms with E-state index in [0.717, 1.165) is 17.0 Å². The van der Waals surface area contributed by atoms with Crippen molar-refractivity contribution in [3.63, 3.8) is 0 Å². The molecule has 0 unspecified atom stereocenters. The van der Waals surface area contributed by atoms with Crippen LogP contribution in [0.5, 0.6) is 5.75 Å². The Kier molecular flexibility index (Phi) is 3.71. The molecule has 2 aromatic carbocycles. The fourth-order valence-corrected chi connectivity index (χ4v) is 2.19. The fourth-order valence-electron chi connectivity index (χ4n) is 1.99. The molecular weight excluding hydrogens is 296 g/mol. The average molecular weight is 306 g/mol. The molecule has 0 aliphatic heterocycles. The predicted octanol–water partition coefficient (Wildman–Crippen LogP) is 4.75. The monoisotopic (exact) mass is 305 g/mol. The highest BCUT2D eigenvalue weighted by molar-refractivity contribution is 6.30. The van der Waals surface area contributed by atoms with Gasteiger partial charge in [0.15, 0.2) is 11.6 Å². The van der Waals surface area contributed by atoms with E-state index in [9.17, 15) is 8.78 Å². The lowest BCUT2D eigenvalue weighted by Crippen LogP contribution is -2.00. The molecule has 3 aromatic rings. The third-order valence-electron chi connectivity index (χ3n) is 3.05. The SMILES string of the molecule is Fc1cccc(OCc2cc3ccccc3nc2Cl)c1F. The summed E-state index contributed by atoms with van der Waals surface area (Å²) >= 11 is 6.08. The minimum absolute atomic E-state index is 0.0110. The zero-order valence-electron chi connectivity index (χ0n) is 10.8. The normalized spacial score (nSPS) is 10.8. The molecule has 0 aliphatic carbocycles. The second-order valence-electron chi connectivity index (χ2n) is 4.47. The summed E-state index contributed by atoms with van der Waals surface area (Å²) in [5.41, 5.74) is 1.38. The number of pyridine rings is 1. The quantitative estimate of drug-likeness (QED) is 0.652. The molecule has 5 heteroatoms. The Labute approximate surface area is 125 Å². The van der Waals surface area contributed by atoms with Crippen molar-refractivity contribution >= 4 is 22.5 Å². The molecule has 2 nitrogen and oxygen atoms in total. The Hall–Kier alpha value is -2.20. The lowest BCUT2D eigenvalue weighted by molar-refractivity contribution is 0.284. The summed E-state index contributed by atoms with van der Waals surface area (Å²) < 4.78 is 31.9. The maximum Gasteiger partial charge on any atom is 0.200 e. The van der Waals surface area contributed by atoms with E-state index in [1.165, 1.54) is 12.1 Å². The van der Waals surface area contributed by atoms with Crippen molar-refractivity contribution in [2.24, 2.45) is 0 Å². The van der Waals surface area contributed by atoms with E-state index in [1.54, 1.807) is 0 Å². The van der Waals surface area contributed by atoms with Crippen LogP contribution >= 0.6 is 11.6 Å². The summed E-state index contributed by atoms with van der Waals surface area (Å²) in [6, 6.07) is 13.1. The molecule has 1 aromatic heterocycles. The van der Waals surface area contributed by atoms with E-state index < -0.39 is 11.6 Å². The van der Waals surface area contributed by atoms with E-state index in [0.29, 0.717) is 5.56 Å². The van der Waals surface area contributed by atoms with Gasteiger partial charge in [-0.2, -0.15) is 4.39 Å². The molecule has 0 atom stereocenters. The summed E-state index contributed by atoms with van der Waals surface area (Å²) in [5.74, 6) is -2.11. The number of halogens is 3. The largest absolute Gasteiger partial charge is 0.486 e. The molecule has 0 aliphatic rings. The fraction of sp³-hybridized carbons (Fsp3) is 0.0625.